The van der Waals surface area contributed by atoms with Gasteiger partial charge in [-0.1, -0.05) is 0 Å². The molecule has 3 nitrogen and oxygen atoms in total. The van der Waals surface area contributed by atoms with Gasteiger partial charge in [0, 0.05) is 22.2 Å². The summed E-state index contributed by atoms with van der Waals surface area (Å²) in [5.74, 6) is 0.114. The Hall–Kier alpha value is -0.690. The largest absolute Gasteiger partial charge is 0.338 e. The summed E-state index contributed by atoms with van der Waals surface area (Å²) in [6.07, 6.45) is 2.16. The lowest BCUT2D eigenvalue weighted by Gasteiger charge is -2.32. The fourth-order valence-corrected chi connectivity index (χ4v) is 2.85. The first-order chi connectivity index (χ1) is 9.11. The summed E-state index contributed by atoms with van der Waals surface area (Å²) in [5, 5.41) is 3.15. The first kappa shape index (κ1) is 14.7. The molecule has 5 heteroatoms. The van der Waals surface area contributed by atoms with Crippen molar-refractivity contribution in [2.45, 2.75) is 12.8 Å². The van der Waals surface area contributed by atoms with Crippen molar-refractivity contribution in [3.63, 3.8) is 0 Å². The topological polar surface area (TPSA) is 32.3 Å². The molecular weight excluding hydrogens is 358 g/mol. The van der Waals surface area contributed by atoms with Crippen molar-refractivity contribution in [1.29, 1.82) is 0 Å². The molecule has 0 radical (unpaired) electrons. The lowest BCUT2D eigenvalue weighted by Crippen LogP contribution is -2.42. The van der Waals surface area contributed by atoms with Gasteiger partial charge in [-0.25, -0.2) is 4.39 Å². The molecule has 1 aliphatic heterocycles. The molecular formula is C14H18FIN2O. The van der Waals surface area contributed by atoms with Crippen molar-refractivity contribution in [2.75, 3.05) is 26.7 Å². The molecule has 2 rings (SSSR count). The number of rotatable bonds is 3. The summed E-state index contributed by atoms with van der Waals surface area (Å²) in [5.41, 5.74) is 0.447. The smallest absolute Gasteiger partial charge is 0.253 e. The van der Waals surface area contributed by atoms with Gasteiger partial charge in [-0.15, -0.1) is 0 Å². The Morgan fingerprint density at radius 1 is 1.58 bits per heavy atom. The van der Waals surface area contributed by atoms with Gasteiger partial charge in [0.05, 0.1) is 0 Å². The van der Waals surface area contributed by atoms with Crippen LogP contribution in [0.3, 0.4) is 0 Å². The van der Waals surface area contributed by atoms with Gasteiger partial charge in [0.15, 0.2) is 0 Å². The first-order valence-electron chi connectivity index (χ1n) is 6.50. The molecule has 1 N–H and O–H groups in total. The number of nitrogens with one attached hydrogen (secondary N) is 1. The minimum atomic E-state index is -0.324. The highest BCUT2D eigenvalue weighted by atomic mass is 127. The van der Waals surface area contributed by atoms with E-state index in [1.165, 1.54) is 6.07 Å². The van der Waals surface area contributed by atoms with Crippen LogP contribution in [0.1, 0.15) is 23.2 Å². The van der Waals surface area contributed by atoms with Crippen LogP contribution < -0.4 is 5.32 Å². The van der Waals surface area contributed by atoms with E-state index >= 15 is 0 Å². The predicted molar refractivity (Wildman–Crippen MR) is 81.7 cm³/mol. The fourth-order valence-electron chi connectivity index (χ4n) is 2.52. The number of halogens is 2. The van der Waals surface area contributed by atoms with Crippen molar-refractivity contribution in [1.82, 2.24) is 10.2 Å². The number of nitrogens with zero attached hydrogens (tertiary/aromatic N) is 1. The summed E-state index contributed by atoms with van der Waals surface area (Å²) in [7, 11) is 1.93. The van der Waals surface area contributed by atoms with E-state index in [4.69, 9.17) is 0 Å². The molecule has 0 saturated carbocycles. The number of hydrogen-bond donors (Lipinski definition) is 1. The third-order valence-electron chi connectivity index (χ3n) is 3.47. The Balaban J connectivity index is 2.08. The minimum Gasteiger partial charge on any atom is -0.338 e. The van der Waals surface area contributed by atoms with Gasteiger partial charge < -0.3 is 10.2 Å². The highest BCUT2D eigenvalue weighted by Gasteiger charge is 2.24. The SMILES string of the molecule is CNCC1CCCN(C(=O)c2ccc(I)c(F)c2)C1. The standard InChI is InChI=1S/C14H18FIN2O/c1-17-8-10-3-2-6-18(9-10)14(19)11-4-5-13(16)12(15)7-11/h4-5,7,10,17H,2-3,6,8-9H2,1H3. The van der Waals surface area contributed by atoms with Crippen LogP contribution in [0.15, 0.2) is 18.2 Å². The van der Waals surface area contributed by atoms with Gasteiger partial charge >= 0.3 is 0 Å². The van der Waals surface area contributed by atoms with Crippen molar-refractivity contribution in [3.8, 4) is 0 Å². The molecule has 0 bridgehead atoms. The number of carbonyl (C=O) groups excluding carboxylic acids is 1. The number of piperidine rings is 1. The average molecular weight is 376 g/mol. The first-order valence-corrected chi connectivity index (χ1v) is 7.58. The summed E-state index contributed by atoms with van der Waals surface area (Å²) in [6.45, 7) is 2.45. The molecule has 1 fully saturated rings. The Kier molecular flexibility index (Phi) is 5.15. The van der Waals surface area contributed by atoms with Crippen LogP contribution in [-0.2, 0) is 0 Å². The summed E-state index contributed by atoms with van der Waals surface area (Å²) >= 11 is 1.92. The number of carbonyl (C=O) groups is 1. The summed E-state index contributed by atoms with van der Waals surface area (Å²) in [4.78, 5) is 14.2. The second-order valence-corrected chi connectivity index (χ2v) is 6.11. The number of hydrogen-bond acceptors (Lipinski definition) is 2. The fraction of sp³-hybridized carbons (Fsp3) is 0.500. The number of amides is 1. The van der Waals surface area contributed by atoms with Crippen LogP contribution in [-0.4, -0.2) is 37.5 Å². The van der Waals surface area contributed by atoms with Crippen LogP contribution in [0.5, 0.6) is 0 Å². The van der Waals surface area contributed by atoms with Crippen molar-refractivity contribution >= 4 is 28.5 Å². The van der Waals surface area contributed by atoms with Gasteiger partial charge in [-0.3, -0.25) is 4.79 Å². The Labute approximate surface area is 126 Å². The van der Waals surface area contributed by atoms with E-state index in [9.17, 15) is 9.18 Å². The van der Waals surface area contributed by atoms with E-state index in [-0.39, 0.29) is 11.7 Å². The maximum Gasteiger partial charge on any atom is 0.253 e. The van der Waals surface area contributed by atoms with Crippen LogP contribution in [0.2, 0.25) is 0 Å². The number of likely N-dealkylation sites (tertiary alicyclic amines) is 1. The molecule has 1 aromatic rings. The van der Waals surface area contributed by atoms with Gasteiger partial charge in [0.25, 0.3) is 5.91 Å². The normalized spacial score (nSPS) is 19.5. The predicted octanol–water partition coefficient (Wildman–Crippen LogP) is 2.50. The third-order valence-corrected chi connectivity index (χ3v) is 4.34. The van der Waals surface area contributed by atoms with E-state index in [0.29, 0.717) is 15.1 Å². The van der Waals surface area contributed by atoms with E-state index in [1.807, 2.05) is 34.5 Å². The second kappa shape index (κ2) is 6.65. The molecule has 1 aromatic carbocycles. The third kappa shape index (κ3) is 3.66. The van der Waals surface area contributed by atoms with Gasteiger partial charge in [-0.2, -0.15) is 0 Å². The van der Waals surface area contributed by atoms with E-state index in [1.54, 1.807) is 12.1 Å². The quantitative estimate of drug-likeness (QED) is 0.823. The molecule has 0 aromatic heterocycles. The second-order valence-electron chi connectivity index (χ2n) is 4.95. The zero-order valence-corrected chi connectivity index (χ0v) is 13.1. The van der Waals surface area contributed by atoms with E-state index < -0.39 is 0 Å². The lowest BCUT2D eigenvalue weighted by atomic mass is 9.97. The van der Waals surface area contributed by atoms with Crippen LogP contribution >= 0.6 is 22.6 Å². The monoisotopic (exact) mass is 376 g/mol. The molecule has 1 atom stereocenters. The van der Waals surface area contributed by atoms with Gasteiger partial charge in [0.2, 0.25) is 0 Å². The molecule has 0 spiro atoms. The van der Waals surface area contributed by atoms with Crippen molar-refractivity contribution in [3.05, 3.63) is 33.1 Å². The summed E-state index contributed by atoms with van der Waals surface area (Å²) in [6, 6.07) is 4.69. The zero-order valence-electron chi connectivity index (χ0n) is 11.0. The highest BCUT2D eigenvalue weighted by Crippen LogP contribution is 2.19. The molecule has 1 heterocycles. The Morgan fingerprint density at radius 2 is 2.37 bits per heavy atom. The van der Waals surface area contributed by atoms with Gasteiger partial charge in [-0.05, 0) is 73.1 Å². The lowest BCUT2D eigenvalue weighted by molar-refractivity contribution is 0.0673. The molecule has 0 aliphatic carbocycles. The maximum absolute atomic E-state index is 13.5. The highest BCUT2D eigenvalue weighted by molar-refractivity contribution is 14.1. The van der Waals surface area contributed by atoms with E-state index in [2.05, 4.69) is 5.32 Å². The molecule has 1 saturated heterocycles. The van der Waals surface area contributed by atoms with Gasteiger partial charge in [0.1, 0.15) is 5.82 Å². The zero-order chi connectivity index (χ0) is 13.8. The van der Waals surface area contributed by atoms with Crippen LogP contribution in [0.25, 0.3) is 0 Å². The molecule has 1 aliphatic rings. The van der Waals surface area contributed by atoms with Crippen LogP contribution in [0, 0.1) is 15.3 Å². The summed E-state index contributed by atoms with van der Waals surface area (Å²) < 4.78 is 14.1. The molecule has 104 valence electrons. The maximum atomic E-state index is 13.5. The number of benzene rings is 1. The Bertz CT molecular complexity index is 465. The van der Waals surface area contributed by atoms with Crippen molar-refractivity contribution < 1.29 is 9.18 Å². The van der Waals surface area contributed by atoms with Crippen molar-refractivity contribution in [2.24, 2.45) is 5.92 Å². The van der Waals surface area contributed by atoms with E-state index in [0.717, 1.165) is 32.5 Å². The van der Waals surface area contributed by atoms with Crippen LogP contribution in [0.4, 0.5) is 4.39 Å². The molecule has 1 unspecified atom stereocenters. The molecule has 1 amide bonds. The Morgan fingerprint density at radius 3 is 3.05 bits per heavy atom. The minimum absolute atomic E-state index is 0.0592. The molecule has 19 heavy (non-hydrogen) atoms. The average Bonchev–Trinajstić information content (AvgIpc) is 2.42.